The minimum atomic E-state index is -3.79. The molecule has 7 nitrogen and oxygen atoms in total. The van der Waals surface area contributed by atoms with Crippen molar-refractivity contribution < 1.29 is 22.3 Å². The zero-order valence-electron chi connectivity index (χ0n) is 18.6. The number of likely N-dealkylation sites (tertiary alicyclic amines) is 1. The molecule has 178 valence electrons. The third kappa shape index (κ3) is 4.69. The maximum atomic E-state index is 13.6. The minimum absolute atomic E-state index is 0.0453. The van der Waals surface area contributed by atoms with Crippen molar-refractivity contribution in [1.82, 2.24) is 14.6 Å². The number of pyridine rings is 1. The fourth-order valence-corrected chi connectivity index (χ4v) is 5.88. The summed E-state index contributed by atoms with van der Waals surface area (Å²) in [5.74, 6) is -0.291. The topological polar surface area (TPSA) is 95.7 Å². The molecule has 1 aliphatic heterocycles. The quantitative estimate of drug-likeness (QED) is 0.418. The van der Waals surface area contributed by atoms with Crippen LogP contribution in [0.25, 0.3) is 21.7 Å². The molecule has 3 heterocycles. The fraction of sp³-hybridized carbons (Fsp3) is 0.320. The molecule has 2 aromatic heterocycles. The van der Waals surface area contributed by atoms with Gasteiger partial charge in [0.25, 0.3) is 0 Å². The summed E-state index contributed by atoms with van der Waals surface area (Å²) in [7, 11) is -3.79. The zero-order chi connectivity index (χ0) is 23.8. The highest BCUT2D eigenvalue weighted by Gasteiger charge is 2.34. The van der Waals surface area contributed by atoms with E-state index in [4.69, 9.17) is 4.42 Å². The van der Waals surface area contributed by atoms with E-state index < -0.39 is 15.6 Å². The number of nitrogens with zero attached hydrogens (tertiary/aromatic N) is 2. The number of nitrogens with one attached hydrogen (secondary N) is 1. The summed E-state index contributed by atoms with van der Waals surface area (Å²) in [6.07, 6.45) is 6.47. The monoisotopic (exact) mass is 483 g/mol. The lowest BCUT2D eigenvalue weighted by atomic mass is 9.91. The first-order chi connectivity index (χ1) is 16.3. The lowest BCUT2D eigenvalue weighted by Crippen LogP contribution is -2.51. The van der Waals surface area contributed by atoms with Gasteiger partial charge in [0.05, 0.1) is 16.8 Å². The average Bonchev–Trinajstić information content (AvgIpc) is 3.24. The van der Waals surface area contributed by atoms with Gasteiger partial charge in [-0.25, -0.2) is 17.5 Å². The molecule has 0 bridgehead atoms. The molecule has 34 heavy (non-hydrogen) atoms. The van der Waals surface area contributed by atoms with Crippen LogP contribution >= 0.6 is 0 Å². The summed E-state index contributed by atoms with van der Waals surface area (Å²) >= 11 is 0. The van der Waals surface area contributed by atoms with E-state index in [1.165, 1.54) is 12.1 Å². The maximum Gasteiger partial charge on any atom is 0.241 e. The highest BCUT2D eigenvalue weighted by Crippen LogP contribution is 2.26. The molecule has 1 fully saturated rings. The van der Waals surface area contributed by atoms with Crippen molar-refractivity contribution >= 4 is 31.8 Å². The summed E-state index contributed by atoms with van der Waals surface area (Å²) in [6.45, 7) is 1.98. The van der Waals surface area contributed by atoms with Crippen LogP contribution in [0, 0.1) is 5.82 Å². The second-order valence-electron chi connectivity index (χ2n) is 8.89. The molecule has 0 atom stereocenters. The van der Waals surface area contributed by atoms with Crippen LogP contribution in [-0.4, -0.2) is 55.2 Å². The van der Waals surface area contributed by atoms with Crippen LogP contribution in [0.4, 0.5) is 4.39 Å². The Morgan fingerprint density at radius 2 is 1.97 bits per heavy atom. The van der Waals surface area contributed by atoms with E-state index in [-0.39, 0.29) is 17.3 Å². The normalized spacial score (nSPS) is 16.9. The van der Waals surface area contributed by atoms with Crippen LogP contribution in [0.2, 0.25) is 0 Å². The summed E-state index contributed by atoms with van der Waals surface area (Å²) in [4.78, 5) is 6.44. The number of furan rings is 1. The molecule has 9 heteroatoms. The van der Waals surface area contributed by atoms with E-state index in [9.17, 15) is 17.9 Å². The van der Waals surface area contributed by atoms with Gasteiger partial charge >= 0.3 is 0 Å². The summed E-state index contributed by atoms with van der Waals surface area (Å²) in [6, 6.07) is 11.2. The predicted octanol–water partition coefficient (Wildman–Crippen LogP) is 3.47. The molecule has 1 saturated heterocycles. The number of benzene rings is 2. The molecule has 0 saturated carbocycles. The molecular weight excluding hydrogens is 457 g/mol. The molecule has 0 amide bonds. The summed E-state index contributed by atoms with van der Waals surface area (Å²) in [5, 5.41) is 13.1. The number of sulfonamides is 1. The van der Waals surface area contributed by atoms with Crippen molar-refractivity contribution in [3.63, 3.8) is 0 Å². The predicted molar refractivity (Wildman–Crippen MR) is 127 cm³/mol. The number of piperidine rings is 1. The van der Waals surface area contributed by atoms with Crippen LogP contribution in [0.5, 0.6) is 0 Å². The minimum Gasteiger partial charge on any atom is -0.464 e. The van der Waals surface area contributed by atoms with E-state index in [1.54, 1.807) is 42.9 Å². The number of hydrogen-bond acceptors (Lipinski definition) is 6. The Kier molecular flexibility index (Phi) is 6.11. The lowest BCUT2D eigenvalue weighted by Gasteiger charge is -2.38. The van der Waals surface area contributed by atoms with Gasteiger partial charge in [0.15, 0.2) is 0 Å². The lowest BCUT2D eigenvalue weighted by molar-refractivity contribution is -0.0158. The van der Waals surface area contributed by atoms with Gasteiger partial charge in [0.1, 0.15) is 11.4 Å². The van der Waals surface area contributed by atoms with Crippen molar-refractivity contribution in [3.05, 3.63) is 72.5 Å². The number of aliphatic hydroxyl groups is 1. The Bertz CT molecular complexity index is 1420. The summed E-state index contributed by atoms with van der Waals surface area (Å²) in [5.41, 5.74) is 0.508. The van der Waals surface area contributed by atoms with Crippen LogP contribution < -0.4 is 4.72 Å². The number of rotatable bonds is 7. The van der Waals surface area contributed by atoms with E-state index in [2.05, 4.69) is 14.6 Å². The van der Waals surface area contributed by atoms with Gasteiger partial charge in [0.2, 0.25) is 10.0 Å². The molecule has 0 aliphatic carbocycles. The second kappa shape index (κ2) is 9.07. The van der Waals surface area contributed by atoms with Gasteiger partial charge in [-0.15, -0.1) is 0 Å². The van der Waals surface area contributed by atoms with Gasteiger partial charge in [0, 0.05) is 54.7 Å². The molecule has 0 radical (unpaired) electrons. The van der Waals surface area contributed by atoms with Gasteiger partial charge in [-0.1, -0.05) is 12.1 Å². The highest BCUT2D eigenvalue weighted by atomic mass is 32.2. The number of hydrogen-bond donors (Lipinski definition) is 2. The molecule has 5 rings (SSSR count). The Balaban J connectivity index is 1.18. The average molecular weight is 484 g/mol. The molecule has 2 N–H and O–H groups in total. The van der Waals surface area contributed by atoms with Crippen LogP contribution in [0.1, 0.15) is 18.4 Å². The first-order valence-electron chi connectivity index (χ1n) is 11.3. The van der Waals surface area contributed by atoms with Crippen LogP contribution in [-0.2, 0) is 16.4 Å². The van der Waals surface area contributed by atoms with Crippen molar-refractivity contribution in [2.24, 2.45) is 0 Å². The van der Waals surface area contributed by atoms with Crippen molar-refractivity contribution in [2.75, 3.05) is 26.2 Å². The Labute approximate surface area is 197 Å². The smallest absolute Gasteiger partial charge is 0.241 e. The van der Waals surface area contributed by atoms with Crippen LogP contribution in [0.3, 0.4) is 0 Å². The highest BCUT2D eigenvalue weighted by molar-refractivity contribution is 7.89. The van der Waals surface area contributed by atoms with Gasteiger partial charge < -0.3 is 14.4 Å². The molecule has 0 spiro atoms. The molecule has 1 aliphatic rings. The SMILES string of the molecule is O=S(=O)(NCC1(O)CCN(CCc2coc3ccc(F)cc23)CC1)c1cccc2cnccc12. The van der Waals surface area contributed by atoms with Crippen LogP contribution in [0.15, 0.2) is 70.4 Å². The number of aromatic nitrogens is 1. The fourth-order valence-electron chi connectivity index (χ4n) is 4.53. The Morgan fingerprint density at radius 1 is 1.15 bits per heavy atom. The molecule has 0 unspecified atom stereocenters. The standard InChI is InChI=1S/C25H26FN3O4S/c26-20-4-5-23-22(14-20)19(16-33-23)7-11-29-12-8-25(30,9-13-29)17-28-34(31,32)24-3-1-2-18-15-27-10-6-21(18)24/h1-6,10,14-16,28,30H,7-9,11-13,17H2. The molecular formula is C25H26FN3O4S. The first-order valence-corrected chi connectivity index (χ1v) is 12.7. The summed E-state index contributed by atoms with van der Waals surface area (Å²) < 4.78 is 47.6. The van der Waals surface area contributed by atoms with E-state index in [0.717, 1.165) is 22.9 Å². The Morgan fingerprint density at radius 3 is 2.79 bits per heavy atom. The first kappa shape index (κ1) is 22.9. The molecule has 4 aromatic rings. The van der Waals surface area contributed by atoms with E-state index >= 15 is 0 Å². The Hall–Kier alpha value is -2.85. The van der Waals surface area contributed by atoms with E-state index in [1.807, 2.05) is 6.07 Å². The largest absolute Gasteiger partial charge is 0.464 e. The second-order valence-corrected chi connectivity index (χ2v) is 10.6. The van der Waals surface area contributed by atoms with Crippen molar-refractivity contribution in [3.8, 4) is 0 Å². The van der Waals surface area contributed by atoms with Gasteiger partial charge in [-0.2, -0.15) is 0 Å². The number of fused-ring (bicyclic) bond motifs is 2. The maximum absolute atomic E-state index is 13.6. The van der Waals surface area contributed by atoms with Crippen molar-refractivity contribution in [2.45, 2.75) is 29.8 Å². The number of halogens is 1. The van der Waals surface area contributed by atoms with Gasteiger partial charge in [-0.05, 0) is 55.2 Å². The van der Waals surface area contributed by atoms with Gasteiger partial charge in [-0.3, -0.25) is 4.98 Å². The third-order valence-corrected chi connectivity index (χ3v) is 8.08. The molecule has 2 aromatic carbocycles. The van der Waals surface area contributed by atoms with E-state index in [0.29, 0.717) is 43.3 Å². The third-order valence-electron chi connectivity index (χ3n) is 6.62. The zero-order valence-corrected chi connectivity index (χ0v) is 19.4. The van der Waals surface area contributed by atoms with Crippen molar-refractivity contribution in [1.29, 1.82) is 0 Å².